The molecule has 4 rings (SSSR count). The van der Waals surface area contributed by atoms with E-state index in [1.165, 1.54) is 0 Å². The number of aromatic amines is 1. The van der Waals surface area contributed by atoms with Crippen LogP contribution in [-0.4, -0.2) is 19.9 Å². The number of rotatable bonds is 2. The summed E-state index contributed by atoms with van der Waals surface area (Å²) in [5, 5.41) is 19.7. The Morgan fingerprint density at radius 2 is 1.76 bits per heavy atom. The lowest BCUT2D eigenvalue weighted by Gasteiger charge is -2.13. The molecule has 0 radical (unpaired) electrons. The predicted molar refractivity (Wildman–Crippen MR) is 103 cm³/mol. The molecule has 124 valence electrons. The van der Waals surface area contributed by atoms with Gasteiger partial charge in [0.2, 0.25) is 0 Å². The zero-order valence-corrected chi connectivity index (χ0v) is 14.8. The summed E-state index contributed by atoms with van der Waals surface area (Å²) in [6.07, 6.45) is 0. The van der Waals surface area contributed by atoms with E-state index in [9.17, 15) is 5.11 Å². The number of fused-ring (bicyclic) bond motifs is 1. The summed E-state index contributed by atoms with van der Waals surface area (Å²) in [6, 6.07) is 18.0. The molecule has 0 bridgehead atoms. The third-order valence-corrected chi connectivity index (χ3v) is 4.74. The Kier molecular flexibility index (Phi) is 3.66. The molecule has 2 N–H and O–H groups in total. The molecule has 0 aliphatic carbocycles. The first-order valence-electron chi connectivity index (χ1n) is 8.02. The molecular weight excluding hydrogens is 330 g/mol. The average molecular weight is 347 g/mol. The van der Waals surface area contributed by atoms with Crippen LogP contribution < -0.4 is 0 Å². The van der Waals surface area contributed by atoms with Crippen molar-refractivity contribution in [2.45, 2.75) is 13.8 Å². The Hall–Kier alpha value is -2.92. The normalized spacial score (nSPS) is 11.1. The first-order valence-corrected chi connectivity index (χ1v) is 8.43. The molecule has 3 aromatic carbocycles. The molecule has 0 fully saturated rings. The van der Waals surface area contributed by atoms with Crippen molar-refractivity contribution in [1.29, 1.82) is 0 Å². The number of nitrogens with zero attached hydrogens (tertiary/aromatic N) is 2. The quantitative estimate of drug-likeness (QED) is 0.498. The second-order valence-electron chi connectivity index (χ2n) is 6.14. The molecule has 0 atom stereocenters. The van der Waals surface area contributed by atoms with E-state index < -0.39 is 0 Å². The van der Waals surface area contributed by atoms with Gasteiger partial charge in [0, 0.05) is 10.9 Å². The number of hydrogen-bond donors (Lipinski definition) is 2. The fourth-order valence-electron chi connectivity index (χ4n) is 3.19. The molecule has 1 aromatic heterocycles. The molecule has 1 heterocycles. The van der Waals surface area contributed by atoms with Crippen LogP contribution in [0.3, 0.4) is 0 Å². The topological polar surface area (TPSA) is 53.8 Å². The van der Waals surface area contributed by atoms with Gasteiger partial charge in [-0.1, -0.05) is 42.5 Å². The molecule has 0 aliphatic heterocycles. The molecule has 5 heteroatoms. The summed E-state index contributed by atoms with van der Waals surface area (Å²) in [7, 11) is 0. The molecule has 0 unspecified atom stereocenters. The number of aromatic hydroxyl groups is 1. The first-order chi connectivity index (χ1) is 12.1. The number of benzene rings is 3. The van der Waals surface area contributed by atoms with Crippen molar-refractivity contribution in [3.63, 3.8) is 0 Å². The summed E-state index contributed by atoms with van der Waals surface area (Å²) in [6.45, 7) is 3.89. The van der Waals surface area contributed by atoms with Gasteiger partial charge in [-0.2, -0.15) is 5.10 Å². The molecule has 0 saturated heterocycles. The van der Waals surface area contributed by atoms with E-state index in [0.717, 1.165) is 33.2 Å². The van der Waals surface area contributed by atoms with Crippen LogP contribution in [0.2, 0.25) is 0 Å². The van der Waals surface area contributed by atoms with Crippen LogP contribution in [0, 0.1) is 18.6 Å². The molecular formula is C20H17N3OS. The average Bonchev–Trinajstić information content (AvgIpc) is 2.99. The number of nitrogens with one attached hydrogen (secondary N) is 1. The van der Waals surface area contributed by atoms with Crippen LogP contribution in [0.1, 0.15) is 11.1 Å². The smallest absolute Gasteiger partial charge is 0.200 e. The Morgan fingerprint density at radius 3 is 2.60 bits per heavy atom. The van der Waals surface area contributed by atoms with Gasteiger partial charge in [-0.25, -0.2) is 0 Å². The van der Waals surface area contributed by atoms with Crippen LogP contribution in [0.15, 0.2) is 54.6 Å². The number of aryl methyl sites for hydroxylation is 2. The van der Waals surface area contributed by atoms with Crippen LogP contribution in [0.25, 0.3) is 27.8 Å². The molecule has 0 aliphatic rings. The third kappa shape index (κ3) is 2.53. The van der Waals surface area contributed by atoms with E-state index in [2.05, 4.69) is 28.4 Å². The second-order valence-corrected chi connectivity index (χ2v) is 6.53. The summed E-state index contributed by atoms with van der Waals surface area (Å²) in [5.74, 6) is 0.938. The highest BCUT2D eigenvalue weighted by Crippen LogP contribution is 2.32. The van der Waals surface area contributed by atoms with Crippen LogP contribution in [-0.2, 0) is 0 Å². The van der Waals surface area contributed by atoms with Crippen LogP contribution in [0.5, 0.6) is 5.75 Å². The largest absolute Gasteiger partial charge is 0.508 e. The molecule has 0 amide bonds. The number of aromatic nitrogens is 3. The highest BCUT2D eigenvalue weighted by Gasteiger charge is 2.16. The highest BCUT2D eigenvalue weighted by molar-refractivity contribution is 7.71. The minimum Gasteiger partial charge on any atom is -0.508 e. The predicted octanol–water partition coefficient (Wildman–Crippen LogP) is 5.07. The Balaban J connectivity index is 2.04. The number of hydrogen-bond acceptors (Lipinski definition) is 3. The van der Waals surface area contributed by atoms with Crippen molar-refractivity contribution in [3.05, 3.63) is 70.5 Å². The number of H-pyrrole nitrogens is 1. The lowest BCUT2D eigenvalue weighted by atomic mass is 10.0. The number of phenolic OH excluding ortho intramolecular Hbond substituents is 1. The molecule has 4 aromatic rings. The monoisotopic (exact) mass is 347 g/mol. The van der Waals surface area contributed by atoms with E-state index >= 15 is 0 Å². The van der Waals surface area contributed by atoms with Crippen molar-refractivity contribution in [2.24, 2.45) is 0 Å². The Labute approximate surface area is 150 Å². The van der Waals surface area contributed by atoms with Gasteiger partial charge in [0.1, 0.15) is 5.75 Å². The van der Waals surface area contributed by atoms with Gasteiger partial charge in [0.25, 0.3) is 0 Å². The van der Waals surface area contributed by atoms with Gasteiger partial charge in [0.05, 0.1) is 5.69 Å². The SMILES string of the molecule is Cc1cc(C)c(-c2n[nH]c(=S)n2-c2cccc3ccccc23)cc1O. The summed E-state index contributed by atoms with van der Waals surface area (Å²) >= 11 is 5.50. The molecule has 4 nitrogen and oxygen atoms in total. The van der Waals surface area contributed by atoms with Gasteiger partial charge in [-0.3, -0.25) is 9.67 Å². The molecule has 0 saturated carbocycles. The van der Waals surface area contributed by atoms with Crippen molar-refractivity contribution in [3.8, 4) is 22.8 Å². The molecule has 25 heavy (non-hydrogen) atoms. The van der Waals surface area contributed by atoms with Gasteiger partial charge in [0.15, 0.2) is 10.6 Å². The highest BCUT2D eigenvalue weighted by atomic mass is 32.1. The summed E-state index contributed by atoms with van der Waals surface area (Å²) in [5.41, 5.74) is 3.69. The Bertz CT molecular complexity index is 1150. The van der Waals surface area contributed by atoms with Crippen molar-refractivity contribution >= 4 is 23.0 Å². The summed E-state index contributed by atoms with van der Waals surface area (Å²) in [4.78, 5) is 0. The minimum atomic E-state index is 0.249. The van der Waals surface area contributed by atoms with Gasteiger partial charge in [-0.05, 0) is 54.7 Å². The standard InChI is InChI=1S/C20H17N3OS/c1-12-10-13(2)18(24)11-16(12)19-21-22-20(25)23(19)17-9-5-7-14-6-3-4-8-15(14)17/h3-11,24H,1-2H3,(H,22,25). The number of phenols is 1. The van der Waals surface area contributed by atoms with E-state index in [4.69, 9.17) is 12.2 Å². The first kappa shape index (κ1) is 15.6. The summed E-state index contributed by atoms with van der Waals surface area (Å²) < 4.78 is 2.44. The van der Waals surface area contributed by atoms with Crippen molar-refractivity contribution < 1.29 is 5.11 Å². The van der Waals surface area contributed by atoms with Gasteiger partial charge < -0.3 is 5.11 Å². The third-order valence-electron chi connectivity index (χ3n) is 4.46. The fourth-order valence-corrected chi connectivity index (χ4v) is 3.42. The Morgan fingerprint density at radius 1 is 1.00 bits per heavy atom. The maximum Gasteiger partial charge on any atom is 0.200 e. The lowest BCUT2D eigenvalue weighted by Crippen LogP contribution is -2.00. The zero-order valence-electron chi connectivity index (χ0n) is 13.9. The maximum atomic E-state index is 10.2. The molecule has 0 spiro atoms. The van der Waals surface area contributed by atoms with E-state index in [1.807, 2.05) is 48.7 Å². The van der Waals surface area contributed by atoms with Crippen molar-refractivity contribution in [2.75, 3.05) is 0 Å². The minimum absolute atomic E-state index is 0.249. The maximum absolute atomic E-state index is 10.2. The lowest BCUT2D eigenvalue weighted by molar-refractivity contribution is 0.471. The van der Waals surface area contributed by atoms with Gasteiger partial charge >= 0.3 is 0 Å². The fraction of sp³-hybridized carbons (Fsp3) is 0.100. The van der Waals surface area contributed by atoms with E-state index in [-0.39, 0.29) is 5.75 Å². The van der Waals surface area contributed by atoms with Crippen LogP contribution in [0.4, 0.5) is 0 Å². The van der Waals surface area contributed by atoms with E-state index in [1.54, 1.807) is 6.07 Å². The van der Waals surface area contributed by atoms with E-state index in [0.29, 0.717) is 10.6 Å². The second kappa shape index (κ2) is 5.86. The van der Waals surface area contributed by atoms with Crippen molar-refractivity contribution in [1.82, 2.24) is 14.8 Å². The van der Waals surface area contributed by atoms with Crippen LogP contribution >= 0.6 is 12.2 Å². The van der Waals surface area contributed by atoms with Gasteiger partial charge in [-0.15, -0.1) is 0 Å². The zero-order chi connectivity index (χ0) is 17.6.